The number of nitrogens with one attached hydrogen (secondary N) is 2. The highest BCUT2D eigenvalue weighted by Crippen LogP contribution is 2.19. The van der Waals surface area contributed by atoms with Gasteiger partial charge in [-0.3, -0.25) is 4.99 Å². The molecule has 1 fully saturated rings. The molecule has 0 atom stereocenters. The molecule has 3 rings (SSSR count). The van der Waals surface area contributed by atoms with Gasteiger partial charge in [-0.1, -0.05) is 25.7 Å². The fraction of sp³-hybridized carbons (Fsp3) is 0.550. The van der Waals surface area contributed by atoms with Crippen LogP contribution in [-0.4, -0.2) is 47.0 Å². The zero-order valence-corrected chi connectivity index (χ0v) is 16.1. The molecule has 0 amide bonds. The van der Waals surface area contributed by atoms with Crippen molar-refractivity contribution in [1.29, 1.82) is 0 Å². The first kappa shape index (κ1) is 19.4. The highest BCUT2D eigenvalue weighted by molar-refractivity contribution is 5.79. The van der Waals surface area contributed by atoms with Crippen LogP contribution in [0.4, 0.5) is 0 Å². The predicted octanol–water partition coefficient (Wildman–Crippen LogP) is 2.67. The van der Waals surface area contributed by atoms with Gasteiger partial charge in [0, 0.05) is 38.7 Å². The Morgan fingerprint density at radius 2 is 2.07 bits per heavy atom. The molecule has 0 radical (unpaired) electrons. The van der Waals surface area contributed by atoms with Crippen molar-refractivity contribution in [3.05, 3.63) is 42.4 Å². The molecular formula is C20H30N6O. The fourth-order valence-electron chi connectivity index (χ4n) is 3.31. The predicted molar refractivity (Wildman–Crippen MR) is 107 cm³/mol. The van der Waals surface area contributed by atoms with Gasteiger partial charge in [-0.2, -0.15) is 5.10 Å². The van der Waals surface area contributed by atoms with Gasteiger partial charge < -0.3 is 15.4 Å². The van der Waals surface area contributed by atoms with Crippen molar-refractivity contribution < 1.29 is 4.74 Å². The lowest BCUT2D eigenvalue weighted by atomic mass is 10.1. The van der Waals surface area contributed by atoms with Crippen LogP contribution in [0.15, 0.2) is 41.8 Å². The lowest BCUT2D eigenvalue weighted by molar-refractivity contribution is 0.0468. The number of pyridine rings is 1. The SMILES string of the molecule is CN=C(NCCOC1CCCCCC1)NCc1ccnc(-n2cccn2)c1. The first-order chi connectivity index (χ1) is 13.3. The largest absolute Gasteiger partial charge is 0.376 e. The summed E-state index contributed by atoms with van der Waals surface area (Å²) < 4.78 is 7.77. The van der Waals surface area contributed by atoms with Crippen molar-refractivity contribution in [2.75, 3.05) is 20.2 Å². The van der Waals surface area contributed by atoms with Crippen LogP contribution in [0.25, 0.3) is 5.82 Å². The van der Waals surface area contributed by atoms with Gasteiger partial charge in [0.2, 0.25) is 0 Å². The van der Waals surface area contributed by atoms with Crippen molar-refractivity contribution in [3.8, 4) is 5.82 Å². The number of aliphatic imine (C=N–C) groups is 1. The molecule has 1 aliphatic carbocycles. The highest BCUT2D eigenvalue weighted by atomic mass is 16.5. The van der Waals surface area contributed by atoms with E-state index in [0.29, 0.717) is 19.3 Å². The quantitative estimate of drug-likeness (QED) is 0.339. The Bertz CT molecular complexity index is 692. The van der Waals surface area contributed by atoms with Gasteiger partial charge in [0.05, 0.1) is 12.7 Å². The van der Waals surface area contributed by atoms with Crippen LogP contribution in [-0.2, 0) is 11.3 Å². The van der Waals surface area contributed by atoms with Gasteiger partial charge in [0.25, 0.3) is 0 Å². The standard InChI is InChI=1S/C20H30N6O/c1-21-20(23-12-14-27-18-7-4-2-3-5-8-18)24-16-17-9-11-22-19(15-17)26-13-6-10-25-26/h6,9-11,13,15,18H,2-5,7-8,12,14,16H2,1H3,(H2,21,23,24). The molecule has 0 aliphatic heterocycles. The van der Waals surface area contributed by atoms with Crippen molar-refractivity contribution >= 4 is 5.96 Å². The maximum atomic E-state index is 6.01. The highest BCUT2D eigenvalue weighted by Gasteiger charge is 2.12. The van der Waals surface area contributed by atoms with Gasteiger partial charge in [-0.05, 0) is 36.6 Å². The number of guanidine groups is 1. The first-order valence-electron chi connectivity index (χ1n) is 9.86. The van der Waals surface area contributed by atoms with Crippen LogP contribution < -0.4 is 10.6 Å². The second-order valence-electron chi connectivity index (χ2n) is 6.81. The molecule has 0 saturated heterocycles. The monoisotopic (exact) mass is 370 g/mol. The second-order valence-corrected chi connectivity index (χ2v) is 6.81. The summed E-state index contributed by atoms with van der Waals surface area (Å²) in [6, 6.07) is 5.89. The van der Waals surface area contributed by atoms with E-state index in [1.54, 1.807) is 24.1 Å². The molecule has 0 unspecified atom stereocenters. The summed E-state index contributed by atoms with van der Waals surface area (Å²) in [6.07, 6.45) is 13.6. The molecule has 2 N–H and O–H groups in total. The molecular weight excluding hydrogens is 340 g/mol. The Morgan fingerprint density at radius 3 is 2.81 bits per heavy atom. The molecule has 7 heteroatoms. The van der Waals surface area contributed by atoms with E-state index in [2.05, 4.69) is 25.7 Å². The fourth-order valence-corrected chi connectivity index (χ4v) is 3.31. The van der Waals surface area contributed by atoms with E-state index in [1.165, 1.54) is 38.5 Å². The zero-order chi connectivity index (χ0) is 18.7. The van der Waals surface area contributed by atoms with E-state index in [9.17, 15) is 0 Å². The Labute approximate surface area is 161 Å². The number of rotatable bonds is 7. The zero-order valence-electron chi connectivity index (χ0n) is 16.1. The molecule has 0 bridgehead atoms. The Kier molecular flexibility index (Phi) is 7.65. The van der Waals surface area contributed by atoms with Crippen molar-refractivity contribution in [1.82, 2.24) is 25.4 Å². The summed E-state index contributed by atoms with van der Waals surface area (Å²) >= 11 is 0. The number of hydrogen-bond acceptors (Lipinski definition) is 4. The lowest BCUT2D eigenvalue weighted by Gasteiger charge is -2.17. The van der Waals surface area contributed by atoms with E-state index >= 15 is 0 Å². The third-order valence-electron chi connectivity index (χ3n) is 4.78. The van der Waals surface area contributed by atoms with Crippen LogP contribution in [0.5, 0.6) is 0 Å². The van der Waals surface area contributed by atoms with Gasteiger partial charge in [-0.15, -0.1) is 0 Å². The minimum absolute atomic E-state index is 0.432. The van der Waals surface area contributed by atoms with Gasteiger partial charge in [0.15, 0.2) is 11.8 Å². The second kappa shape index (κ2) is 10.7. The third kappa shape index (κ3) is 6.36. The van der Waals surface area contributed by atoms with Gasteiger partial charge in [-0.25, -0.2) is 9.67 Å². The molecule has 2 aromatic rings. The summed E-state index contributed by atoms with van der Waals surface area (Å²) in [5, 5.41) is 10.9. The van der Waals surface area contributed by atoms with Crippen molar-refractivity contribution in [2.45, 2.75) is 51.2 Å². The van der Waals surface area contributed by atoms with Gasteiger partial charge in [0.1, 0.15) is 0 Å². The molecule has 1 aliphatic rings. The molecule has 0 aromatic carbocycles. The maximum absolute atomic E-state index is 6.01. The minimum atomic E-state index is 0.432. The summed E-state index contributed by atoms with van der Waals surface area (Å²) in [4.78, 5) is 8.63. The number of aromatic nitrogens is 3. The van der Waals surface area contributed by atoms with Crippen LogP contribution >= 0.6 is 0 Å². The van der Waals surface area contributed by atoms with Gasteiger partial charge >= 0.3 is 0 Å². The van der Waals surface area contributed by atoms with Crippen LogP contribution in [0.1, 0.15) is 44.1 Å². The lowest BCUT2D eigenvalue weighted by Crippen LogP contribution is -2.39. The van der Waals surface area contributed by atoms with Crippen LogP contribution in [0.3, 0.4) is 0 Å². The average Bonchev–Trinajstić information content (AvgIpc) is 3.12. The first-order valence-corrected chi connectivity index (χ1v) is 9.86. The maximum Gasteiger partial charge on any atom is 0.191 e. The summed E-state index contributed by atoms with van der Waals surface area (Å²) in [6.45, 7) is 2.13. The molecule has 27 heavy (non-hydrogen) atoms. The number of ether oxygens (including phenoxy) is 1. The van der Waals surface area contributed by atoms with Crippen LogP contribution in [0.2, 0.25) is 0 Å². The summed E-state index contributed by atoms with van der Waals surface area (Å²) in [5.74, 6) is 1.58. The molecule has 0 spiro atoms. The normalized spacial score (nSPS) is 16.1. The van der Waals surface area contributed by atoms with E-state index < -0.39 is 0 Å². The smallest absolute Gasteiger partial charge is 0.191 e. The molecule has 2 aromatic heterocycles. The summed E-state index contributed by atoms with van der Waals surface area (Å²) in [7, 11) is 1.78. The Hall–Kier alpha value is -2.41. The van der Waals surface area contributed by atoms with E-state index in [-0.39, 0.29) is 0 Å². The molecule has 7 nitrogen and oxygen atoms in total. The topological polar surface area (TPSA) is 76.4 Å². The molecule has 146 valence electrons. The third-order valence-corrected chi connectivity index (χ3v) is 4.78. The summed E-state index contributed by atoms with van der Waals surface area (Å²) in [5.41, 5.74) is 1.12. The number of nitrogens with zero attached hydrogens (tertiary/aromatic N) is 4. The van der Waals surface area contributed by atoms with Crippen molar-refractivity contribution in [3.63, 3.8) is 0 Å². The van der Waals surface area contributed by atoms with E-state index in [4.69, 9.17) is 4.74 Å². The minimum Gasteiger partial charge on any atom is -0.376 e. The number of hydrogen-bond donors (Lipinski definition) is 2. The Balaban J connectivity index is 1.39. The van der Waals surface area contributed by atoms with E-state index in [1.807, 2.05) is 24.4 Å². The Morgan fingerprint density at radius 1 is 1.22 bits per heavy atom. The average molecular weight is 371 g/mol. The van der Waals surface area contributed by atoms with Crippen LogP contribution in [0, 0.1) is 0 Å². The molecule has 1 saturated carbocycles. The molecule has 2 heterocycles. The van der Waals surface area contributed by atoms with E-state index in [0.717, 1.165) is 23.9 Å². The van der Waals surface area contributed by atoms with Crippen molar-refractivity contribution in [2.24, 2.45) is 4.99 Å².